The predicted octanol–water partition coefficient (Wildman–Crippen LogP) is 1.13. The lowest BCUT2D eigenvalue weighted by Crippen LogP contribution is -2.20. The fourth-order valence-corrected chi connectivity index (χ4v) is 1.59. The average Bonchev–Trinajstić information content (AvgIpc) is 2.09. The van der Waals surface area contributed by atoms with E-state index < -0.39 is 0 Å². The van der Waals surface area contributed by atoms with E-state index in [1.54, 1.807) is 7.11 Å². The first-order valence-electron chi connectivity index (χ1n) is 2.95. The SMILES string of the molecule is COn1c(C)c(C)sc1=N.Cl. The van der Waals surface area contributed by atoms with Crippen LogP contribution in [0, 0.1) is 19.3 Å². The molecule has 0 radical (unpaired) electrons. The van der Waals surface area contributed by atoms with E-state index in [4.69, 9.17) is 10.2 Å². The van der Waals surface area contributed by atoms with E-state index in [1.165, 1.54) is 16.1 Å². The quantitative estimate of drug-likeness (QED) is 0.715. The van der Waals surface area contributed by atoms with Crippen LogP contribution in [0.1, 0.15) is 10.6 Å². The molecule has 0 aliphatic carbocycles. The molecule has 0 saturated heterocycles. The Balaban J connectivity index is 0.000001000. The van der Waals surface area contributed by atoms with Crippen LogP contribution in [0.15, 0.2) is 0 Å². The van der Waals surface area contributed by atoms with Crippen LogP contribution in [-0.4, -0.2) is 11.8 Å². The van der Waals surface area contributed by atoms with Gasteiger partial charge in [0.2, 0.25) is 4.80 Å². The number of rotatable bonds is 1. The molecule has 1 rings (SSSR count). The van der Waals surface area contributed by atoms with Crippen molar-refractivity contribution in [2.75, 3.05) is 7.11 Å². The third kappa shape index (κ3) is 1.75. The van der Waals surface area contributed by atoms with Gasteiger partial charge in [0.1, 0.15) is 7.11 Å². The standard InChI is InChI=1S/C6H10N2OS.ClH/c1-4-5(2)10-6(7)8(4)9-3;/h7H,1-3H3;1H. The molecule has 0 unspecified atom stereocenters. The van der Waals surface area contributed by atoms with Gasteiger partial charge in [-0.1, -0.05) is 11.3 Å². The molecule has 0 saturated carbocycles. The lowest BCUT2D eigenvalue weighted by Gasteiger charge is -2.00. The van der Waals surface area contributed by atoms with Gasteiger partial charge in [0.05, 0.1) is 5.69 Å². The van der Waals surface area contributed by atoms with Gasteiger partial charge in [-0.25, -0.2) is 0 Å². The van der Waals surface area contributed by atoms with Gasteiger partial charge >= 0.3 is 0 Å². The number of aryl methyl sites for hydroxylation is 1. The molecular formula is C6H11ClN2OS. The molecule has 0 aliphatic rings. The maximum absolute atomic E-state index is 7.39. The Hall–Kier alpha value is -0.480. The van der Waals surface area contributed by atoms with Crippen LogP contribution >= 0.6 is 23.7 Å². The second-order valence-corrected chi connectivity index (χ2v) is 3.23. The van der Waals surface area contributed by atoms with E-state index >= 15 is 0 Å². The zero-order valence-corrected chi connectivity index (χ0v) is 8.30. The molecule has 11 heavy (non-hydrogen) atoms. The molecule has 1 aromatic rings. The fourth-order valence-electron chi connectivity index (χ4n) is 0.775. The largest absolute Gasteiger partial charge is 0.415 e. The molecule has 0 aliphatic heterocycles. The van der Waals surface area contributed by atoms with Crippen LogP contribution in [0.3, 0.4) is 0 Å². The van der Waals surface area contributed by atoms with Crippen molar-refractivity contribution in [1.82, 2.24) is 4.73 Å². The number of halogens is 1. The normalized spacial score (nSPS) is 9.00. The number of hydrogen-bond acceptors (Lipinski definition) is 3. The predicted molar refractivity (Wildman–Crippen MR) is 47.4 cm³/mol. The van der Waals surface area contributed by atoms with Gasteiger partial charge < -0.3 is 4.84 Å². The summed E-state index contributed by atoms with van der Waals surface area (Å²) in [6.07, 6.45) is 0. The van der Waals surface area contributed by atoms with Gasteiger partial charge in [0.25, 0.3) is 0 Å². The van der Waals surface area contributed by atoms with Crippen molar-refractivity contribution >= 4 is 23.7 Å². The van der Waals surface area contributed by atoms with Gasteiger partial charge in [0, 0.05) is 4.88 Å². The summed E-state index contributed by atoms with van der Waals surface area (Å²) in [5.41, 5.74) is 1.01. The highest BCUT2D eigenvalue weighted by Crippen LogP contribution is 2.06. The topological polar surface area (TPSA) is 38.0 Å². The summed E-state index contributed by atoms with van der Waals surface area (Å²) < 4.78 is 1.51. The minimum atomic E-state index is 0. The number of nitrogens with one attached hydrogen (secondary N) is 1. The summed E-state index contributed by atoms with van der Waals surface area (Å²) >= 11 is 1.43. The van der Waals surface area contributed by atoms with E-state index in [-0.39, 0.29) is 12.4 Å². The molecule has 1 aromatic heterocycles. The van der Waals surface area contributed by atoms with Gasteiger partial charge in [-0.15, -0.1) is 12.4 Å². The van der Waals surface area contributed by atoms with E-state index in [2.05, 4.69) is 0 Å². The molecule has 0 amide bonds. The molecule has 0 spiro atoms. The number of aromatic nitrogens is 1. The highest BCUT2D eigenvalue weighted by Gasteiger charge is 2.02. The molecule has 5 heteroatoms. The molecule has 1 N–H and O–H groups in total. The third-order valence-electron chi connectivity index (χ3n) is 1.43. The lowest BCUT2D eigenvalue weighted by molar-refractivity contribution is 0.152. The molecule has 1 heterocycles. The van der Waals surface area contributed by atoms with Crippen molar-refractivity contribution in [3.05, 3.63) is 15.4 Å². The molecule has 0 aromatic carbocycles. The summed E-state index contributed by atoms with van der Waals surface area (Å²) in [5, 5.41) is 7.39. The zero-order chi connectivity index (χ0) is 7.72. The van der Waals surface area contributed by atoms with Gasteiger partial charge in [-0.05, 0) is 13.8 Å². The van der Waals surface area contributed by atoms with Crippen molar-refractivity contribution in [3.63, 3.8) is 0 Å². The van der Waals surface area contributed by atoms with Gasteiger partial charge in [-0.2, -0.15) is 4.73 Å². The second-order valence-electron chi connectivity index (χ2n) is 2.03. The van der Waals surface area contributed by atoms with Gasteiger partial charge in [0.15, 0.2) is 0 Å². The summed E-state index contributed by atoms with van der Waals surface area (Å²) in [5.74, 6) is 0. The van der Waals surface area contributed by atoms with Crippen molar-refractivity contribution in [2.45, 2.75) is 13.8 Å². The zero-order valence-electron chi connectivity index (χ0n) is 6.67. The van der Waals surface area contributed by atoms with Crippen LogP contribution in [-0.2, 0) is 0 Å². The molecule has 0 atom stereocenters. The Kier molecular flexibility index (Phi) is 3.62. The Labute approximate surface area is 75.5 Å². The monoisotopic (exact) mass is 194 g/mol. The number of hydrogen-bond donors (Lipinski definition) is 1. The first-order chi connectivity index (χ1) is 4.66. The minimum Gasteiger partial charge on any atom is -0.415 e. The maximum Gasteiger partial charge on any atom is 0.216 e. The van der Waals surface area contributed by atoms with E-state index in [9.17, 15) is 0 Å². The Morgan fingerprint density at radius 3 is 2.18 bits per heavy atom. The minimum absolute atomic E-state index is 0. The highest BCUT2D eigenvalue weighted by molar-refractivity contribution is 7.09. The lowest BCUT2D eigenvalue weighted by atomic mass is 10.4. The highest BCUT2D eigenvalue weighted by atomic mass is 35.5. The van der Waals surface area contributed by atoms with E-state index in [1.807, 2.05) is 13.8 Å². The second kappa shape index (κ2) is 3.78. The summed E-state index contributed by atoms with van der Waals surface area (Å²) in [7, 11) is 1.57. The number of thiazole rings is 1. The summed E-state index contributed by atoms with van der Waals surface area (Å²) in [6, 6.07) is 0. The molecule has 0 bridgehead atoms. The summed E-state index contributed by atoms with van der Waals surface area (Å²) in [6.45, 7) is 3.92. The average molecular weight is 195 g/mol. The van der Waals surface area contributed by atoms with Gasteiger partial charge in [-0.3, -0.25) is 5.41 Å². The Bertz CT molecular complexity index is 291. The maximum atomic E-state index is 7.39. The fraction of sp³-hybridized carbons (Fsp3) is 0.500. The van der Waals surface area contributed by atoms with E-state index in [0.29, 0.717) is 4.80 Å². The molecule has 3 nitrogen and oxygen atoms in total. The Morgan fingerprint density at radius 1 is 1.45 bits per heavy atom. The smallest absolute Gasteiger partial charge is 0.216 e. The summed E-state index contributed by atoms with van der Waals surface area (Å²) in [4.78, 5) is 6.51. The Morgan fingerprint density at radius 2 is 2.00 bits per heavy atom. The first kappa shape index (κ1) is 10.5. The van der Waals surface area contributed by atoms with Crippen LogP contribution in [0.5, 0.6) is 0 Å². The van der Waals surface area contributed by atoms with Crippen LogP contribution in [0.4, 0.5) is 0 Å². The van der Waals surface area contributed by atoms with Crippen LogP contribution < -0.4 is 9.64 Å². The third-order valence-corrected chi connectivity index (χ3v) is 2.39. The van der Waals surface area contributed by atoms with Crippen molar-refractivity contribution < 1.29 is 4.84 Å². The van der Waals surface area contributed by atoms with Crippen LogP contribution in [0.25, 0.3) is 0 Å². The van der Waals surface area contributed by atoms with E-state index in [0.717, 1.165) is 10.6 Å². The van der Waals surface area contributed by atoms with Crippen LogP contribution in [0.2, 0.25) is 0 Å². The molecule has 0 fully saturated rings. The molecule has 64 valence electrons. The number of nitrogens with zero attached hydrogens (tertiary/aromatic N) is 1. The van der Waals surface area contributed by atoms with Crippen molar-refractivity contribution in [3.8, 4) is 0 Å². The van der Waals surface area contributed by atoms with Crippen molar-refractivity contribution in [1.29, 1.82) is 5.41 Å². The first-order valence-corrected chi connectivity index (χ1v) is 3.76. The molecular weight excluding hydrogens is 184 g/mol. The van der Waals surface area contributed by atoms with Crippen molar-refractivity contribution in [2.24, 2.45) is 0 Å².